The molecule has 0 bridgehead atoms. The molecular formula is C21H22N4O4. The van der Waals surface area contributed by atoms with Gasteiger partial charge in [-0.1, -0.05) is 12.1 Å². The summed E-state index contributed by atoms with van der Waals surface area (Å²) in [6.07, 6.45) is 0.161. The first-order valence-electron chi connectivity index (χ1n) is 9.31. The van der Waals surface area contributed by atoms with Crippen LogP contribution in [-0.4, -0.2) is 42.5 Å². The van der Waals surface area contributed by atoms with E-state index in [0.717, 1.165) is 16.9 Å². The van der Waals surface area contributed by atoms with Gasteiger partial charge in [-0.2, -0.15) is 0 Å². The second kappa shape index (κ2) is 7.92. The Labute approximate surface area is 167 Å². The Morgan fingerprint density at radius 3 is 2.90 bits per heavy atom. The first-order valence-corrected chi connectivity index (χ1v) is 9.31. The molecule has 1 aromatic heterocycles. The fourth-order valence-electron chi connectivity index (χ4n) is 3.56. The molecule has 0 saturated carbocycles. The van der Waals surface area contributed by atoms with Gasteiger partial charge in [-0.25, -0.2) is 4.98 Å². The second-order valence-corrected chi connectivity index (χ2v) is 6.91. The highest BCUT2D eigenvalue weighted by Gasteiger charge is 2.36. The lowest BCUT2D eigenvalue weighted by atomic mass is 10.1. The maximum Gasteiger partial charge on any atom is 0.229 e. The highest BCUT2D eigenvalue weighted by atomic mass is 16.5. The Balaban J connectivity index is 1.47. The van der Waals surface area contributed by atoms with Gasteiger partial charge in [0.05, 0.1) is 29.7 Å². The highest BCUT2D eigenvalue weighted by Crippen LogP contribution is 2.33. The zero-order valence-corrected chi connectivity index (χ0v) is 16.3. The van der Waals surface area contributed by atoms with Crippen LogP contribution >= 0.6 is 0 Å². The number of rotatable bonds is 6. The topological polar surface area (TPSA) is 96.5 Å². The first kappa shape index (κ1) is 18.9. The molecule has 1 unspecified atom stereocenters. The van der Waals surface area contributed by atoms with Crippen LogP contribution in [0.5, 0.6) is 5.75 Å². The zero-order chi connectivity index (χ0) is 20.4. The largest absolute Gasteiger partial charge is 0.495 e. The Kier molecular flexibility index (Phi) is 5.18. The molecule has 3 aromatic rings. The minimum absolute atomic E-state index is 0.0946. The van der Waals surface area contributed by atoms with Crippen LogP contribution in [0, 0.1) is 5.92 Å². The number of nitrogens with zero attached hydrogens (tertiary/aromatic N) is 2. The number of para-hydroxylation sites is 2. The highest BCUT2D eigenvalue weighted by molar-refractivity contribution is 6.04. The maximum atomic E-state index is 12.8. The Bertz CT molecular complexity index is 1060. The quantitative estimate of drug-likeness (QED) is 0.670. The van der Waals surface area contributed by atoms with E-state index in [-0.39, 0.29) is 18.2 Å². The number of aromatic amines is 1. The standard InChI is InChI=1S/C21H22N4O4/c1-28-12-19-23-15-8-7-14(10-16(15)24-19)22-21(27)13-9-20(26)25(11-13)17-5-3-4-6-18(17)29-2/h3-8,10,13H,9,11-12H2,1-2H3,(H,22,27)(H,23,24). The van der Waals surface area contributed by atoms with Crippen molar-refractivity contribution in [2.24, 2.45) is 5.92 Å². The summed E-state index contributed by atoms with van der Waals surface area (Å²) in [5.41, 5.74) is 2.94. The number of aromatic nitrogens is 2. The number of imidazole rings is 1. The number of nitrogens with one attached hydrogen (secondary N) is 2. The molecule has 29 heavy (non-hydrogen) atoms. The zero-order valence-electron chi connectivity index (χ0n) is 16.3. The molecule has 1 saturated heterocycles. The van der Waals surface area contributed by atoms with E-state index in [9.17, 15) is 9.59 Å². The van der Waals surface area contributed by atoms with E-state index >= 15 is 0 Å². The van der Waals surface area contributed by atoms with E-state index in [1.807, 2.05) is 30.3 Å². The molecule has 2 amide bonds. The van der Waals surface area contributed by atoms with E-state index in [1.54, 1.807) is 31.3 Å². The smallest absolute Gasteiger partial charge is 0.229 e. The molecule has 4 rings (SSSR count). The average Bonchev–Trinajstić information content (AvgIpc) is 3.30. The number of hydrogen-bond donors (Lipinski definition) is 2. The number of ether oxygens (including phenoxy) is 2. The van der Waals surface area contributed by atoms with Crippen molar-refractivity contribution < 1.29 is 19.1 Å². The molecule has 1 fully saturated rings. The molecular weight excluding hydrogens is 372 g/mol. The lowest BCUT2D eigenvalue weighted by molar-refractivity contribution is -0.122. The normalized spacial score (nSPS) is 16.4. The average molecular weight is 394 g/mol. The van der Waals surface area contributed by atoms with Gasteiger partial charge in [-0.3, -0.25) is 9.59 Å². The van der Waals surface area contributed by atoms with Crippen molar-refractivity contribution in [1.82, 2.24) is 9.97 Å². The van der Waals surface area contributed by atoms with E-state index in [0.29, 0.717) is 30.3 Å². The van der Waals surface area contributed by atoms with Gasteiger partial charge in [-0.15, -0.1) is 0 Å². The lowest BCUT2D eigenvalue weighted by Gasteiger charge is -2.19. The van der Waals surface area contributed by atoms with Crippen LogP contribution in [0.2, 0.25) is 0 Å². The number of anilines is 2. The summed E-state index contributed by atoms with van der Waals surface area (Å²) in [7, 11) is 3.17. The van der Waals surface area contributed by atoms with Crippen molar-refractivity contribution in [2.75, 3.05) is 31.0 Å². The number of methoxy groups -OCH3 is 2. The minimum atomic E-state index is -0.436. The fraction of sp³-hybridized carbons (Fsp3) is 0.286. The number of carbonyl (C=O) groups excluding carboxylic acids is 2. The molecule has 0 spiro atoms. The molecule has 150 valence electrons. The lowest BCUT2D eigenvalue weighted by Crippen LogP contribution is -2.28. The van der Waals surface area contributed by atoms with Gasteiger partial charge in [0.15, 0.2) is 0 Å². The van der Waals surface area contributed by atoms with Crippen molar-refractivity contribution in [3.8, 4) is 5.75 Å². The monoisotopic (exact) mass is 394 g/mol. The van der Waals surface area contributed by atoms with E-state index in [1.165, 1.54) is 0 Å². The third kappa shape index (κ3) is 3.79. The van der Waals surface area contributed by atoms with Gasteiger partial charge in [0.1, 0.15) is 18.2 Å². The Morgan fingerprint density at radius 1 is 1.28 bits per heavy atom. The number of benzene rings is 2. The second-order valence-electron chi connectivity index (χ2n) is 6.91. The van der Waals surface area contributed by atoms with Crippen LogP contribution < -0.4 is 15.0 Å². The predicted molar refractivity (Wildman–Crippen MR) is 109 cm³/mol. The molecule has 1 atom stereocenters. The Hall–Kier alpha value is -3.39. The van der Waals surface area contributed by atoms with Crippen LogP contribution in [-0.2, 0) is 20.9 Å². The number of fused-ring (bicyclic) bond motifs is 1. The van der Waals surface area contributed by atoms with Crippen molar-refractivity contribution in [1.29, 1.82) is 0 Å². The van der Waals surface area contributed by atoms with Gasteiger partial charge in [0, 0.05) is 25.8 Å². The number of hydrogen-bond acceptors (Lipinski definition) is 5. The number of amides is 2. The summed E-state index contributed by atoms with van der Waals surface area (Å²) in [4.78, 5) is 34.5. The molecule has 2 N–H and O–H groups in total. The number of carbonyl (C=O) groups is 2. The van der Waals surface area contributed by atoms with Crippen LogP contribution in [0.1, 0.15) is 12.2 Å². The van der Waals surface area contributed by atoms with Crippen LogP contribution in [0.3, 0.4) is 0 Å². The first-order chi connectivity index (χ1) is 14.1. The molecule has 2 heterocycles. The molecule has 0 radical (unpaired) electrons. The number of H-pyrrole nitrogens is 1. The summed E-state index contributed by atoms with van der Waals surface area (Å²) in [6.45, 7) is 0.703. The maximum absolute atomic E-state index is 12.8. The molecule has 0 aliphatic carbocycles. The minimum Gasteiger partial charge on any atom is -0.495 e. The van der Waals surface area contributed by atoms with E-state index in [4.69, 9.17) is 9.47 Å². The predicted octanol–water partition coefficient (Wildman–Crippen LogP) is 2.71. The SMILES string of the molecule is COCc1nc2ccc(NC(=O)C3CC(=O)N(c4ccccc4OC)C3)cc2[nH]1. The third-order valence-electron chi connectivity index (χ3n) is 4.95. The third-order valence-corrected chi connectivity index (χ3v) is 4.95. The molecule has 8 nitrogen and oxygen atoms in total. The molecule has 1 aliphatic rings. The molecule has 8 heteroatoms. The fourth-order valence-corrected chi connectivity index (χ4v) is 3.56. The van der Waals surface area contributed by atoms with Crippen molar-refractivity contribution >= 4 is 34.2 Å². The summed E-state index contributed by atoms with van der Waals surface area (Å²) < 4.78 is 10.4. The van der Waals surface area contributed by atoms with Gasteiger partial charge in [-0.05, 0) is 30.3 Å². The molecule has 2 aromatic carbocycles. The summed E-state index contributed by atoms with van der Waals surface area (Å²) >= 11 is 0. The van der Waals surface area contributed by atoms with Crippen molar-refractivity contribution in [3.63, 3.8) is 0 Å². The summed E-state index contributed by atoms with van der Waals surface area (Å²) in [5.74, 6) is 0.613. The van der Waals surface area contributed by atoms with Crippen LogP contribution in [0.15, 0.2) is 42.5 Å². The summed E-state index contributed by atoms with van der Waals surface area (Å²) in [5, 5.41) is 2.91. The van der Waals surface area contributed by atoms with Crippen LogP contribution in [0.25, 0.3) is 11.0 Å². The van der Waals surface area contributed by atoms with Gasteiger partial charge < -0.3 is 24.7 Å². The van der Waals surface area contributed by atoms with Gasteiger partial charge in [0.2, 0.25) is 11.8 Å². The van der Waals surface area contributed by atoms with E-state index in [2.05, 4.69) is 15.3 Å². The Morgan fingerprint density at radius 2 is 2.10 bits per heavy atom. The van der Waals surface area contributed by atoms with Gasteiger partial charge in [0.25, 0.3) is 0 Å². The van der Waals surface area contributed by atoms with E-state index < -0.39 is 5.92 Å². The van der Waals surface area contributed by atoms with Crippen molar-refractivity contribution in [3.05, 3.63) is 48.3 Å². The summed E-state index contributed by atoms with van der Waals surface area (Å²) in [6, 6.07) is 12.8. The van der Waals surface area contributed by atoms with Crippen molar-refractivity contribution in [2.45, 2.75) is 13.0 Å². The van der Waals surface area contributed by atoms with Gasteiger partial charge >= 0.3 is 0 Å². The van der Waals surface area contributed by atoms with Crippen LogP contribution in [0.4, 0.5) is 11.4 Å². The molecule has 1 aliphatic heterocycles.